The van der Waals surface area contributed by atoms with Gasteiger partial charge in [-0.3, -0.25) is 9.97 Å². The molecule has 6 heteroatoms. The number of nitrogens with zero attached hydrogens (tertiary/aromatic N) is 4. The van der Waals surface area contributed by atoms with E-state index in [0.717, 1.165) is 33.4 Å². The van der Waals surface area contributed by atoms with Crippen molar-refractivity contribution in [3.05, 3.63) is 110 Å². The minimum Gasteiger partial charge on any atom is -0.444 e. The molecule has 178 valence electrons. The number of hydrogen-bond acceptors (Lipinski definition) is 6. The Morgan fingerprint density at radius 2 is 0.816 bits per heavy atom. The summed E-state index contributed by atoms with van der Waals surface area (Å²) in [7, 11) is 0. The predicted molar refractivity (Wildman–Crippen MR) is 148 cm³/mol. The number of rotatable bonds is 4. The van der Waals surface area contributed by atoms with Crippen molar-refractivity contribution in [1.29, 1.82) is 0 Å². The van der Waals surface area contributed by atoms with Crippen molar-refractivity contribution in [1.82, 2.24) is 19.9 Å². The largest absolute Gasteiger partial charge is 0.444 e. The second kappa shape index (κ2) is 8.08. The summed E-state index contributed by atoms with van der Waals surface area (Å²) in [6, 6.07) is 21.9. The zero-order chi connectivity index (χ0) is 25.1. The molecule has 8 rings (SSSR count). The number of oxazole rings is 2. The summed E-state index contributed by atoms with van der Waals surface area (Å²) in [5, 5.41) is 7.29. The SMILES string of the molecule is c1coc(-c2cncc(-c3cc4ccc5cc(-c6cncc(-c7ncco7)c6)cc6ccc(c3)c4c56)c2)n1. The normalized spacial score (nSPS) is 11.7. The molecule has 0 saturated heterocycles. The van der Waals surface area contributed by atoms with E-state index in [-0.39, 0.29) is 0 Å². The average molecular weight is 491 g/mol. The van der Waals surface area contributed by atoms with Crippen LogP contribution in [-0.2, 0) is 0 Å². The summed E-state index contributed by atoms with van der Waals surface area (Å²) in [5.74, 6) is 1.13. The molecule has 0 N–H and O–H groups in total. The van der Waals surface area contributed by atoms with Gasteiger partial charge in [0.25, 0.3) is 0 Å². The van der Waals surface area contributed by atoms with Gasteiger partial charge in [0.05, 0.1) is 23.5 Å². The number of hydrogen-bond donors (Lipinski definition) is 0. The zero-order valence-corrected chi connectivity index (χ0v) is 20.0. The highest BCUT2D eigenvalue weighted by Gasteiger charge is 2.14. The Labute approximate surface area is 216 Å². The summed E-state index contributed by atoms with van der Waals surface area (Å²) < 4.78 is 10.9. The summed E-state index contributed by atoms with van der Waals surface area (Å²) in [5.41, 5.74) is 5.95. The van der Waals surface area contributed by atoms with Gasteiger partial charge < -0.3 is 8.83 Å². The first-order valence-electron chi connectivity index (χ1n) is 12.2. The molecule has 4 aromatic carbocycles. The van der Waals surface area contributed by atoms with Crippen molar-refractivity contribution < 1.29 is 8.83 Å². The summed E-state index contributed by atoms with van der Waals surface area (Å²) in [6.45, 7) is 0. The van der Waals surface area contributed by atoms with Crippen molar-refractivity contribution in [3.63, 3.8) is 0 Å². The fourth-order valence-corrected chi connectivity index (χ4v) is 5.33. The Bertz CT molecular complexity index is 1860. The van der Waals surface area contributed by atoms with Crippen molar-refractivity contribution in [2.45, 2.75) is 0 Å². The number of aromatic nitrogens is 4. The topological polar surface area (TPSA) is 77.8 Å². The molecule has 0 unspecified atom stereocenters. The van der Waals surface area contributed by atoms with Gasteiger partial charge in [0.15, 0.2) is 0 Å². The smallest absolute Gasteiger partial charge is 0.227 e. The maximum absolute atomic E-state index is 5.47. The third-order valence-electron chi connectivity index (χ3n) is 7.04. The van der Waals surface area contributed by atoms with Crippen molar-refractivity contribution in [3.8, 4) is 45.2 Å². The first-order valence-corrected chi connectivity index (χ1v) is 12.2. The quantitative estimate of drug-likeness (QED) is 0.233. The van der Waals surface area contributed by atoms with E-state index in [0.29, 0.717) is 11.8 Å². The molecule has 0 radical (unpaired) electrons. The third kappa shape index (κ3) is 3.28. The van der Waals surface area contributed by atoms with Crippen LogP contribution < -0.4 is 0 Å². The third-order valence-corrected chi connectivity index (χ3v) is 7.04. The molecule has 0 amide bonds. The van der Waals surface area contributed by atoms with Crippen LogP contribution in [0.3, 0.4) is 0 Å². The second-order valence-corrected chi connectivity index (χ2v) is 9.33. The highest BCUT2D eigenvalue weighted by Crippen LogP contribution is 2.40. The molecule has 4 heterocycles. The molecule has 4 aromatic heterocycles. The van der Waals surface area contributed by atoms with E-state index >= 15 is 0 Å². The molecule has 0 atom stereocenters. The van der Waals surface area contributed by atoms with Crippen LogP contribution in [0.1, 0.15) is 0 Å². The molecular weight excluding hydrogens is 472 g/mol. The van der Waals surface area contributed by atoms with Crippen LogP contribution in [-0.4, -0.2) is 19.9 Å². The molecule has 0 aliphatic rings. The Balaban J connectivity index is 1.27. The monoisotopic (exact) mass is 490 g/mol. The average Bonchev–Trinajstić information content (AvgIpc) is 3.71. The molecular formula is C32H18N4O2. The lowest BCUT2D eigenvalue weighted by Crippen LogP contribution is -1.89. The maximum Gasteiger partial charge on any atom is 0.227 e. The van der Waals surface area contributed by atoms with Crippen molar-refractivity contribution in [2.75, 3.05) is 0 Å². The van der Waals surface area contributed by atoms with Crippen LogP contribution in [0.15, 0.2) is 119 Å². The van der Waals surface area contributed by atoms with Gasteiger partial charge in [-0.2, -0.15) is 0 Å². The fraction of sp³-hybridized carbons (Fsp3) is 0. The van der Waals surface area contributed by atoms with E-state index in [1.54, 1.807) is 37.3 Å². The first kappa shape index (κ1) is 20.8. The van der Waals surface area contributed by atoms with Crippen LogP contribution in [0, 0.1) is 0 Å². The molecule has 0 aliphatic carbocycles. The van der Waals surface area contributed by atoms with Crippen LogP contribution in [0.2, 0.25) is 0 Å². The molecule has 0 aliphatic heterocycles. The van der Waals surface area contributed by atoms with Crippen LogP contribution in [0.5, 0.6) is 0 Å². The van der Waals surface area contributed by atoms with E-state index in [9.17, 15) is 0 Å². The van der Waals surface area contributed by atoms with Gasteiger partial charge >= 0.3 is 0 Å². The highest BCUT2D eigenvalue weighted by atomic mass is 16.3. The van der Waals surface area contributed by atoms with Gasteiger partial charge in [-0.25, -0.2) is 9.97 Å². The molecule has 8 aromatic rings. The lowest BCUT2D eigenvalue weighted by atomic mass is 9.89. The standard InChI is InChI=1S/C32H18N4O2/c1-2-20-10-24(26-14-28(18-34-16-26)32-36-6-8-38-32)12-22-4-3-21-11-23(9-19(1)29(21)30(20)22)25-13-27(17-33-15-25)31-35-5-7-37-31/h1-18H. The van der Waals surface area contributed by atoms with Crippen LogP contribution in [0.25, 0.3) is 77.5 Å². The van der Waals surface area contributed by atoms with Gasteiger partial charge in [0, 0.05) is 35.9 Å². The Morgan fingerprint density at radius 3 is 1.18 bits per heavy atom. The number of benzene rings is 4. The molecule has 0 fully saturated rings. The van der Waals surface area contributed by atoms with E-state index < -0.39 is 0 Å². The Hall–Kier alpha value is -5.36. The van der Waals surface area contributed by atoms with Crippen molar-refractivity contribution in [2.24, 2.45) is 0 Å². The van der Waals surface area contributed by atoms with Gasteiger partial charge in [-0.15, -0.1) is 0 Å². The first-order chi connectivity index (χ1) is 18.8. The minimum absolute atomic E-state index is 0.564. The van der Waals surface area contributed by atoms with Crippen LogP contribution >= 0.6 is 0 Å². The highest BCUT2D eigenvalue weighted by molar-refractivity contribution is 6.24. The lowest BCUT2D eigenvalue weighted by molar-refractivity contribution is 0.574. The van der Waals surface area contributed by atoms with E-state index in [1.165, 1.54) is 32.3 Å². The van der Waals surface area contributed by atoms with Gasteiger partial charge in [0.1, 0.15) is 12.5 Å². The van der Waals surface area contributed by atoms with Gasteiger partial charge in [0.2, 0.25) is 11.8 Å². The predicted octanol–water partition coefficient (Wildman–Crippen LogP) is 8.02. The molecule has 6 nitrogen and oxygen atoms in total. The summed E-state index contributed by atoms with van der Waals surface area (Å²) in [4.78, 5) is 17.4. The number of pyridine rings is 2. The minimum atomic E-state index is 0.564. The van der Waals surface area contributed by atoms with E-state index in [2.05, 4.69) is 80.6 Å². The van der Waals surface area contributed by atoms with Gasteiger partial charge in [-0.05, 0) is 79.8 Å². The summed E-state index contributed by atoms with van der Waals surface area (Å²) in [6.07, 6.45) is 13.7. The maximum atomic E-state index is 5.47. The molecule has 0 bridgehead atoms. The molecule has 0 spiro atoms. The summed E-state index contributed by atoms with van der Waals surface area (Å²) >= 11 is 0. The second-order valence-electron chi connectivity index (χ2n) is 9.33. The van der Waals surface area contributed by atoms with Gasteiger partial charge in [-0.1, -0.05) is 24.3 Å². The zero-order valence-electron chi connectivity index (χ0n) is 20.0. The fourth-order valence-electron chi connectivity index (χ4n) is 5.33. The Morgan fingerprint density at radius 1 is 0.421 bits per heavy atom. The van der Waals surface area contributed by atoms with E-state index in [1.807, 2.05) is 12.4 Å². The molecule has 38 heavy (non-hydrogen) atoms. The lowest BCUT2D eigenvalue weighted by Gasteiger charge is -2.14. The Kier molecular flexibility index (Phi) is 4.42. The van der Waals surface area contributed by atoms with E-state index in [4.69, 9.17) is 8.83 Å². The van der Waals surface area contributed by atoms with Crippen molar-refractivity contribution >= 4 is 32.3 Å². The van der Waals surface area contributed by atoms with Crippen LogP contribution in [0.4, 0.5) is 0 Å². The molecule has 0 saturated carbocycles.